The van der Waals surface area contributed by atoms with Crippen LogP contribution in [0.5, 0.6) is 0 Å². The summed E-state index contributed by atoms with van der Waals surface area (Å²) in [6, 6.07) is 0. The molecule has 0 spiro atoms. The average Bonchev–Trinajstić information content (AvgIpc) is 3.11. The van der Waals surface area contributed by atoms with Gasteiger partial charge in [0.15, 0.2) is 5.13 Å². The molecule has 0 aromatic carbocycles. The molecule has 1 aliphatic carbocycles. The Morgan fingerprint density at radius 2 is 1.88 bits per heavy atom. The Kier molecular flexibility index (Phi) is 4.61. The van der Waals surface area contributed by atoms with E-state index in [1.807, 2.05) is 0 Å². The zero-order chi connectivity index (χ0) is 17.3. The molecule has 1 aromatic heterocycles. The minimum atomic E-state index is -0.608. The molecule has 128 valence electrons. The maximum Gasteiger partial charge on any atom is 0.260 e. The van der Waals surface area contributed by atoms with Gasteiger partial charge in [0.1, 0.15) is 4.88 Å². The molecule has 8 nitrogen and oxygen atoms in total. The van der Waals surface area contributed by atoms with E-state index in [1.54, 1.807) is 0 Å². The standard InChI is InChI=1S/C15H18N4O4S/c16-12(21)10-7-17-15(24-10)18-11(20)5-6-19-13(22)8-3-1-2-4-9(8)14(19)23/h7-9H,1-6H2,(H2,16,21)(H,17,18,20). The second-order valence-electron chi connectivity index (χ2n) is 6.02. The molecule has 2 unspecified atom stereocenters. The lowest BCUT2D eigenvalue weighted by Crippen LogP contribution is -2.34. The third-order valence-electron chi connectivity index (χ3n) is 4.49. The average molecular weight is 350 g/mol. The lowest BCUT2D eigenvalue weighted by molar-refractivity contribution is -0.140. The maximum atomic E-state index is 12.3. The first-order valence-electron chi connectivity index (χ1n) is 7.88. The van der Waals surface area contributed by atoms with E-state index >= 15 is 0 Å². The van der Waals surface area contributed by atoms with Gasteiger partial charge in [0.2, 0.25) is 17.7 Å². The van der Waals surface area contributed by atoms with Crippen molar-refractivity contribution in [1.29, 1.82) is 0 Å². The van der Waals surface area contributed by atoms with Gasteiger partial charge in [-0.15, -0.1) is 0 Å². The number of fused-ring (bicyclic) bond motifs is 1. The fourth-order valence-corrected chi connectivity index (χ4v) is 3.98. The lowest BCUT2D eigenvalue weighted by atomic mass is 9.81. The normalized spacial score (nSPS) is 23.2. The number of aromatic nitrogens is 1. The van der Waals surface area contributed by atoms with Crippen molar-refractivity contribution in [2.45, 2.75) is 32.1 Å². The molecule has 3 N–H and O–H groups in total. The van der Waals surface area contributed by atoms with Crippen molar-refractivity contribution in [1.82, 2.24) is 9.88 Å². The molecule has 9 heteroatoms. The fourth-order valence-electron chi connectivity index (χ4n) is 3.29. The molecule has 0 radical (unpaired) electrons. The van der Waals surface area contributed by atoms with Crippen LogP contribution in [0.15, 0.2) is 6.20 Å². The van der Waals surface area contributed by atoms with E-state index in [0.29, 0.717) is 0 Å². The quantitative estimate of drug-likeness (QED) is 0.759. The molecule has 0 bridgehead atoms. The van der Waals surface area contributed by atoms with Gasteiger partial charge in [-0.05, 0) is 12.8 Å². The molecule has 4 amide bonds. The highest BCUT2D eigenvalue weighted by Gasteiger charge is 2.47. The number of hydrogen-bond acceptors (Lipinski definition) is 6. The third-order valence-corrected chi connectivity index (χ3v) is 5.42. The number of rotatable bonds is 5. The van der Waals surface area contributed by atoms with Crippen LogP contribution in [0.3, 0.4) is 0 Å². The summed E-state index contributed by atoms with van der Waals surface area (Å²) in [6.07, 6.45) is 4.75. The van der Waals surface area contributed by atoms with Crippen molar-refractivity contribution < 1.29 is 19.2 Å². The van der Waals surface area contributed by atoms with Crippen LogP contribution in [-0.4, -0.2) is 40.1 Å². The fraction of sp³-hybridized carbons (Fsp3) is 0.533. The Morgan fingerprint density at radius 1 is 1.25 bits per heavy atom. The first-order valence-corrected chi connectivity index (χ1v) is 8.69. The van der Waals surface area contributed by atoms with Gasteiger partial charge in [0.05, 0.1) is 18.0 Å². The van der Waals surface area contributed by atoms with E-state index in [9.17, 15) is 19.2 Å². The van der Waals surface area contributed by atoms with Crippen molar-refractivity contribution in [3.8, 4) is 0 Å². The highest BCUT2D eigenvalue weighted by Crippen LogP contribution is 2.37. The smallest absolute Gasteiger partial charge is 0.260 e. The summed E-state index contributed by atoms with van der Waals surface area (Å²) in [4.78, 5) is 52.9. The summed E-state index contributed by atoms with van der Waals surface area (Å²) >= 11 is 0.980. The van der Waals surface area contributed by atoms with Crippen LogP contribution in [0.25, 0.3) is 0 Å². The second kappa shape index (κ2) is 6.68. The molecule has 2 fully saturated rings. The number of thiazole rings is 1. The van der Waals surface area contributed by atoms with Crippen molar-refractivity contribution in [3.63, 3.8) is 0 Å². The highest BCUT2D eigenvalue weighted by atomic mass is 32.1. The van der Waals surface area contributed by atoms with Crippen molar-refractivity contribution in [2.75, 3.05) is 11.9 Å². The van der Waals surface area contributed by atoms with Gasteiger partial charge in [0.25, 0.3) is 5.91 Å². The van der Waals surface area contributed by atoms with Crippen LogP contribution >= 0.6 is 11.3 Å². The van der Waals surface area contributed by atoms with Crippen LogP contribution < -0.4 is 11.1 Å². The number of carbonyl (C=O) groups is 4. The largest absolute Gasteiger partial charge is 0.365 e. The maximum absolute atomic E-state index is 12.3. The molecule has 3 rings (SSSR count). The zero-order valence-corrected chi connectivity index (χ0v) is 13.8. The second-order valence-corrected chi connectivity index (χ2v) is 7.05. The Morgan fingerprint density at radius 3 is 2.42 bits per heavy atom. The van der Waals surface area contributed by atoms with E-state index in [4.69, 9.17) is 5.73 Å². The van der Waals surface area contributed by atoms with E-state index in [0.717, 1.165) is 37.0 Å². The number of likely N-dealkylation sites (tertiary alicyclic amines) is 1. The zero-order valence-electron chi connectivity index (χ0n) is 13.0. The Labute approximate surface area is 142 Å². The Bertz CT molecular complexity index is 677. The van der Waals surface area contributed by atoms with Gasteiger partial charge in [0, 0.05) is 13.0 Å². The SMILES string of the molecule is NC(=O)c1cnc(NC(=O)CCN2C(=O)C3CCCCC3C2=O)s1. The van der Waals surface area contributed by atoms with Gasteiger partial charge in [-0.25, -0.2) is 4.98 Å². The van der Waals surface area contributed by atoms with E-state index in [2.05, 4.69) is 10.3 Å². The number of nitrogens with zero attached hydrogens (tertiary/aromatic N) is 2. The predicted octanol–water partition coefficient (Wildman–Crippen LogP) is 0.746. The van der Waals surface area contributed by atoms with Crippen LogP contribution in [0.4, 0.5) is 5.13 Å². The Balaban J connectivity index is 1.55. The summed E-state index contributed by atoms with van der Waals surface area (Å²) < 4.78 is 0. The summed E-state index contributed by atoms with van der Waals surface area (Å²) in [5.41, 5.74) is 5.12. The number of imide groups is 1. The molecule has 1 aliphatic heterocycles. The predicted molar refractivity (Wildman–Crippen MR) is 86.0 cm³/mol. The number of amides is 4. The molecule has 2 atom stereocenters. The molecule has 1 aromatic rings. The number of anilines is 1. The van der Waals surface area contributed by atoms with Crippen LogP contribution in [-0.2, 0) is 14.4 Å². The minimum absolute atomic E-state index is 0.00239. The highest BCUT2D eigenvalue weighted by molar-refractivity contribution is 7.17. The first kappa shape index (κ1) is 16.6. The first-order chi connectivity index (χ1) is 11.5. The van der Waals surface area contributed by atoms with Gasteiger partial charge < -0.3 is 11.1 Å². The number of nitrogens with two attached hydrogens (primary N) is 1. The van der Waals surface area contributed by atoms with E-state index < -0.39 is 5.91 Å². The molecule has 24 heavy (non-hydrogen) atoms. The van der Waals surface area contributed by atoms with Crippen LogP contribution in [0.1, 0.15) is 41.8 Å². The lowest BCUT2D eigenvalue weighted by Gasteiger charge is -2.19. The Hall–Kier alpha value is -2.29. The van der Waals surface area contributed by atoms with Gasteiger partial charge in [-0.1, -0.05) is 24.2 Å². The summed E-state index contributed by atoms with van der Waals surface area (Å²) in [7, 11) is 0. The van der Waals surface area contributed by atoms with Crippen LogP contribution in [0.2, 0.25) is 0 Å². The van der Waals surface area contributed by atoms with Gasteiger partial charge in [-0.3, -0.25) is 24.1 Å². The van der Waals surface area contributed by atoms with Crippen molar-refractivity contribution in [2.24, 2.45) is 17.6 Å². The summed E-state index contributed by atoms with van der Waals surface area (Å²) in [5, 5.41) is 2.81. The van der Waals surface area contributed by atoms with Gasteiger partial charge in [-0.2, -0.15) is 0 Å². The number of nitrogens with one attached hydrogen (secondary N) is 1. The monoisotopic (exact) mass is 350 g/mol. The molecular weight excluding hydrogens is 332 g/mol. The number of hydrogen-bond donors (Lipinski definition) is 2. The molecule has 2 aliphatic rings. The van der Waals surface area contributed by atoms with Gasteiger partial charge >= 0.3 is 0 Å². The molecule has 2 heterocycles. The molecule has 1 saturated heterocycles. The van der Waals surface area contributed by atoms with Crippen molar-refractivity contribution >= 4 is 40.1 Å². The number of carbonyl (C=O) groups excluding carboxylic acids is 4. The summed E-state index contributed by atoms with van der Waals surface area (Å²) in [6.45, 7) is 0.0740. The number of primary amides is 1. The third kappa shape index (κ3) is 3.16. The van der Waals surface area contributed by atoms with Crippen molar-refractivity contribution in [3.05, 3.63) is 11.1 Å². The summed E-state index contributed by atoms with van der Waals surface area (Å²) in [5.74, 6) is -1.68. The minimum Gasteiger partial charge on any atom is -0.365 e. The molecule has 1 saturated carbocycles. The van der Waals surface area contributed by atoms with E-state index in [1.165, 1.54) is 11.1 Å². The van der Waals surface area contributed by atoms with Crippen LogP contribution in [0, 0.1) is 11.8 Å². The van der Waals surface area contributed by atoms with E-state index in [-0.39, 0.29) is 52.5 Å². The topological polar surface area (TPSA) is 122 Å². The molecular formula is C15H18N4O4S.